The second-order valence-electron chi connectivity index (χ2n) is 8.67. The highest BCUT2D eigenvalue weighted by Crippen LogP contribution is 2.39. The molecule has 1 aliphatic heterocycles. The van der Waals surface area contributed by atoms with Crippen LogP contribution in [0.25, 0.3) is 11.1 Å². The Kier molecular flexibility index (Phi) is 7.17. The summed E-state index contributed by atoms with van der Waals surface area (Å²) in [7, 11) is -0.676. The molecule has 0 radical (unpaired) electrons. The number of rotatable bonds is 9. The zero-order valence-corrected chi connectivity index (χ0v) is 21.5. The summed E-state index contributed by atoms with van der Waals surface area (Å²) in [5, 5.41) is 0. The third-order valence-corrected chi connectivity index (χ3v) is 7.43. The molecule has 3 aromatic rings. The van der Waals surface area contributed by atoms with Crippen LogP contribution >= 0.6 is 0 Å². The first-order chi connectivity index (χ1) is 17.6. The lowest BCUT2D eigenvalue weighted by atomic mass is 9.82. The Morgan fingerprint density at radius 1 is 1.08 bits per heavy atom. The van der Waals surface area contributed by atoms with Gasteiger partial charge in [0.15, 0.2) is 11.5 Å². The highest BCUT2D eigenvalue weighted by atomic mass is 32.2. The molecule has 1 unspecified atom stereocenters. The van der Waals surface area contributed by atoms with Gasteiger partial charge in [-0.25, -0.2) is 9.38 Å². The Morgan fingerprint density at radius 2 is 1.81 bits per heavy atom. The van der Waals surface area contributed by atoms with E-state index in [1.54, 1.807) is 31.2 Å². The third kappa shape index (κ3) is 5.26. The number of nitrogens with two attached hydrogens (primary N) is 1. The number of aromatic nitrogens is 1. The molecule has 4 rings (SSSR count). The smallest absolute Gasteiger partial charge is 0.309 e. The summed E-state index contributed by atoms with van der Waals surface area (Å²) in [5.41, 5.74) is 6.40. The molecule has 0 saturated heterocycles. The van der Waals surface area contributed by atoms with Crippen molar-refractivity contribution in [3.8, 4) is 22.6 Å². The van der Waals surface area contributed by atoms with E-state index < -0.39 is 21.5 Å². The van der Waals surface area contributed by atoms with Crippen LogP contribution in [-0.4, -0.2) is 50.1 Å². The molecule has 194 valence electrons. The van der Waals surface area contributed by atoms with Gasteiger partial charge in [0.25, 0.3) is 5.91 Å². The fraction of sp³-hybridized carbons (Fsp3) is 0.269. The molecule has 0 saturated carbocycles. The SMILES string of the molecule is CCCS(=O)(=O)Oc1ccc(CC2(c3ccc(F)c(-c4cncc(OC)c4)c3)N=C(N)N(C)C2=O)cc1. The molecule has 1 aliphatic rings. The summed E-state index contributed by atoms with van der Waals surface area (Å²) < 4.78 is 49.2. The van der Waals surface area contributed by atoms with E-state index in [0.29, 0.717) is 28.9 Å². The van der Waals surface area contributed by atoms with Gasteiger partial charge in [0.1, 0.15) is 17.3 Å². The maximum atomic E-state index is 14.9. The number of carbonyl (C=O) groups is 1. The maximum absolute atomic E-state index is 14.9. The van der Waals surface area contributed by atoms with Gasteiger partial charge in [-0.3, -0.25) is 14.7 Å². The van der Waals surface area contributed by atoms with E-state index in [4.69, 9.17) is 14.7 Å². The zero-order valence-electron chi connectivity index (χ0n) is 20.6. The molecule has 0 spiro atoms. The van der Waals surface area contributed by atoms with Gasteiger partial charge in [-0.1, -0.05) is 25.1 Å². The van der Waals surface area contributed by atoms with Gasteiger partial charge in [0.2, 0.25) is 0 Å². The number of guanidine groups is 1. The molecule has 37 heavy (non-hydrogen) atoms. The van der Waals surface area contributed by atoms with Crippen LogP contribution in [0.3, 0.4) is 0 Å². The summed E-state index contributed by atoms with van der Waals surface area (Å²) in [6, 6.07) is 12.4. The Hall–Kier alpha value is -3.99. The number of hydrogen-bond donors (Lipinski definition) is 1. The molecule has 1 aromatic heterocycles. The summed E-state index contributed by atoms with van der Waals surface area (Å²) in [5.74, 6) is -0.318. The molecule has 11 heteroatoms. The second-order valence-corrected chi connectivity index (χ2v) is 10.4. The summed E-state index contributed by atoms with van der Waals surface area (Å²) in [6.45, 7) is 1.75. The number of ether oxygens (including phenoxy) is 1. The van der Waals surface area contributed by atoms with E-state index in [9.17, 15) is 17.6 Å². The van der Waals surface area contributed by atoms with Crippen molar-refractivity contribution in [2.45, 2.75) is 25.3 Å². The van der Waals surface area contributed by atoms with Crippen LogP contribution in [0.2, 0.25) is 0 Å². The van der Waals surface area contributed by atoms with E-state index in [-0.39, 0.29) is 35.4 Å². The minimum absolute atomic E-state index is 0.0320. The molecule has 0 fully saturated rings. The number of pyridine rings is 1. The average molecular weight is 527 g/mol. The fourth-order valence-corrected chi connectivity index (χ4v) is 5.17. The average Bonchev–Trinajstić information content (AvgIpc) is 3.09. The quantitative estimate of drug-likeness (QED) is 0.425. The standard InChI is InChI=1S/C26H27FN4O5S/c1-4-11-37(33,34)36-20-8-5-17(6-9-20)14-26(24(32)31(2)25(28)30-26)19-7-10-23(27)22(13-19)18-12-21(35-3)16-29-15-18/h5-10,12-13,15-16H,4,11,14H2,1-3H3,(H2,28,30). The topological polar surface area (TPSA) is 124 Å². The molecule has 2 aromatic carbocycles. The Labute approximate surface area is 214 Å². The van der Waals surface area contributed by atoms with E-state index in [0.717, 1.165) is 0 Å². The molecule has 0 aliphatic carbocycles. The molecule has 0 bridgehead atoms. The molecule has 1 atom stereocenters. The van der Waals surface area contributed by atoms with Crippen LogP contribution in [0.15, 0.2) is 65.9 Å². The zero-order chi connectivity index (χ0) is 26.8. The van der Waals surface area contributed by atoms with Crippen molar-refractivity contribution in [1.29, 1.82) is 0 Å². The van der Waals surface area contributed by atoms with Crippen LogP contribution in [0.5, 0.6) is 11.5 Å². The summed E-state index contributed by atoms with van der Waals surface area (Å²) >= 11 is 0. The van der Waals surface area contributed by atoms with Crippen LogP contribution in [-0.2, 0) is 26.9 Å². The first-order valence-electron chi connectivity index (χ1n) is 11.5. The first kappa shape index (κ1) is 26.1. The van der Waals surface area contributed by atoms with Gasteiger partial charge in [-0.15, -0.1) is 0 Å². The number of carbonyl (C=O) groups excluding carboxylic acids is 1. The lowest BCUT2D eigenvalue weighted by Crippen LogP contribution is -2.41. The summed E-state index contributed by atoms with van der Waals surface area (Å²) in [4.78, 5) is 23.4. The van der Waals surface area contributed by atoms with Crippen molar-refractivity contribution in [3.63, 3.8) is 0 Å². The van der Waals surface area contributed by atoms with Gasteiger partial charge < -0.3 is 14.7 Å². The normalized spacial score (nSPS) is 17.6. The Balaban J connectivity index is 1.74. The van der Waals surface area contributed by atoms with E-state index >= 15 is 0 Å². The van der Waals surface area contributed by atoms with Crippen molar-refractivity contribution in [2.75, 3.05) is 19.9 Å². The Morgan fingerprint density at radius 3 is 2.43 bits per heavy atom. The second kappa shape index (κ2) is 10.2. The van der Waals surface area contributed by atoms with Crippen LogP contribution in [0.1, 0.15) is 24.5 Å². The van der Waals surface area contributed by atoms with Gasteiger partial charge in [0.05, 0.1) is 19.1 Å². The molecule has 2 heterocycles. The number of amides is 1. The van der Waals surface area contributed by atoms with Crippen molar-refractivity contribution in [3.05, 3.63) is 77.9 Å². The number of hydrogen-bond acceptors (Lipinski definition) is 8. The minimum Gasteiger partial charge on any atom is -0.495 e. The van der Waals surface area contributed by atoms with Crippen molar-refractivity contribution < 1.29 is 26.5 Å². The molecule has 9 nitrogen and oxygen atoms in total. The highest BCUT2D eigenvalue weighted by Gasteiger charge is 2.48. The van der Waals surface area contributed by atoms with Crippen LogP contribution < -0.4 is 14.7 Å². The molecule has 1 amide bonds. The van der Waals surface area contributed by atoms with Crippen molar-refractivity contribution in [2.24, 2.45) is 10.7 Å². The number of benzene rings is 2. The third-order valence-electron chi connectivity index (χ3n) is 6.07. The first-order valence-corrected chi connectivity index (χ1v) is 13.1. The largest absolute Gasteiger partial charge is 0.495 e. The predicted molar refractivity (Wildman–Crippen MR) is 137 cm³/mol. The number of halogens is 1. The van der Waals surface area contributed by atoms with Gasteiger partial charge in [0, 0.05) is 30.8 Å². The lowest BCUT2D eigenvalue weighted by molar-refractivity contribution is -0.130. The summed E-state index contributed by atoms with van der Waals surface area (Å²) in [6.07, 6.45) is 3.54. The molecule has 2 N–H and O–H groups in total. The molecular formula is C26H27FN4O5S. The fourth-order valence-electron chi connectivity index (χ4n) is 4.18. The van der Waals surface area contributed by atoms with Crippen molar-refractivity contribution >= 4 is 22.0 Å². The maximum Gasteiger partial charge on any atom is 0.309 e. The highest BCUT2D eigenvalue weighted by molar-refractivity contribution is 7.87. The van der Waals surface area contributed by atoms with Crippen molar-refractivity contribution in [1.82, 2.24) is 9.88 Å². The number of methoxy groups -OCH3 is 1. The van der Waals surface area contributed by atoms with Gasteiger partial charge in [-0.2, -0.15) is 8.42 Å². The number of aliphatic imine (C=N–C) groups is 1. The van der Waals surface area contributed by atoms with E-state index in [2.05, 4.69) is 9.98 Å². The molecular weight excluding hydrogens is 499 g/mol. The predicted octanol–water partition coefficient (Wildman–Crippen LogP) is 3.24. The Bertz CT molecular complexity index is 1460. The minimum atomic E-state index is -3.69. The van der Waals surface area contributed by atoms with Crippen LogP contribution in [0.4, 0.5) is 4.39 Å². The number of likely N-dealkylation sites (N-methyl/N-ethyl adjacent to an activating group) is 1. The van der Waals surface area contributed by atoms with E-state index in [1.165, 1.54) is 55.7 Å². The van der Waals surface area contributed by atoms with Gasteiger partial charge in [-0.05, 0) is 47.9 Å². The number of nitrogens with zero attached hydrogens (tertiary/aromatic N) is 3. The van der Waals surface area contributed by atoms with Gasteiger partial charge >= 0.3 is 10.1 Å². The van der Waals surface area contributed by atoms with E-state index in [1.807, 2.05) is 0 Å². The monoisotopic (exact) mass is 526 g/mol. The lowest BCUT2D eigenvalue weighted by Gasteiger charge is -2.26. The van der Waals surface area contributed by atoms with Crippen LogP contribution in [0, 0.1) is 5.82 Å².